The van der Waals surface area contributed by atoms with Crippen LogP contribution in [0, 0.1) is 0 Å². The molecule has 6 heteroatoms. The summed E-state index contributed by atoms with van der Waals surface area (Å²) in [6.45, 7) is 2.28. The van der Waals surface area contributed by atoms with Crippen molar-refractivity contribution in [1.82, 2.24) is 9.88 Å². The zero-order valence-electron chi connectivity index (χ0n) is 13.4. The summed E-state index contributed by atoms with van der Waals surface area (Å²) in [5.41, 5.74) is 1.90. The fraction of sp³-hybridized carbons (Fsp3) is 0.412. The number of rotatable bonds is 7. The van der Waals surface area contributed by atoms with Crippen LogP contribution in [0.3, 0.4) is 0 Å². The number of fused-ring (bicyclic) bond motifs is 1. The maximum Gasteiger partial charge on any atom is 0.407 e. The fourth-order valence-electron chi connectivity index (χ4n) is 2.50. The highest BCUT2D eigenvalue weighted by atomic mass is 16.5. The third-order valence-corrected chi connectivity index (χ3v) is 3.72. The van der Waals surface area contributed by atoms with Gasteiger partial charge >= 0.3 is 12.1 Å². The minimum atomic E-state index is -1.08. The van der Waals surface area contributed by atoms with Crippen molar-refractivity contribution in [3.8, 4) is 0 Å². The van der Waals surface area contributed by atoms with E-state index in [1.807, 2.05) is 49.0 Å². The molecule has 0 aliphatic rings. The molecule has 0 fully saturated rings. The average molecular weight is 318 g/mol. The number of carboxylic acids is 1. The first-order valence-corrected chi connectivity index (χ1v) is 7.72. The van der Waals surface area contributed by atoms with Gasteiger partial charge in [0, 0.05) is 30.6 Å². The number of amides is 1. The van der Waals surface area contributed by atoms with Gasteiger partial charge in [-0.1, -0.05) is 31.5 Å². The summed E-state index contributed by atoms with van der Waals surface area (Å²) in [4.78, 5) is 23.1. The number of aromatic nitrogens is 1. The van der Waals surface area contributed by atoms with Crippen molar-refractivity contribution in [2.75, 3.05) is 6.61 Å². The highest BCUT2D eigenvalue weighted by Crippen LogP contribution is 2.21. The molecule has 0 spiro atoms. The van der Waals surface area contributed by atoms with Gasteiger partial charge in [-0.15, -0.1) is 0 Å². The standard InChI is InChI=1S/C17H22N2O4/c1-3-4-9-23-17(22)18-14(16(20)21)10-12-11-19(2)15-8-6-5-7-13(12)15/h5-8,11,14H,3-4,9-10H2,1-2H3,(H,18,22)(H,20,21)/t14-/m1/s1. The fourth-order valence-corrected chi connectivity index (χ4v) is 2.50. The number of aliphatic carboxylic acids is 1. The van der Waals surface area contributed by atoms with Crippen molar-refractivity contribution >= 4 is 23.0 Å². The number of carbonyl (C=O) groups excluding carboxylic acids is 1. The van der Waals surface area contributed by atoms with E-state index < -0.39 is 18.1 Å². The average Bonchev–Trinajstić information content (AvgIpc) is 2.84. The number of nitrogens with zero attached hydrogens (tertiary/aromatic N) is 1. The van der Waals surface area contributed by atoms with Crippen molar-refractivity contribution in [2.45, 2.75) is 32.2 Å². The number of hydrogen-bond acceptors (Lipinski definition) is 3. The Bertz CT molecular complexity index is 693. The van der Waals surface area contributed by atoms with Gasteiger partial charge in [0.1, 0.15) is 6.04 Å². The van der Waals surface area contributed by atoms with Gasteiger partial charge in [0.05, 0.1) is 6.61 Å². The molecule has 1 aromatic heterocycles. The van der Waals surface area contributed by atoms with E-state index in [1.54, 1.807) is 0 Å². The van der Waals surface area contributed by atoms with Crippen LogP contribution in [0.4, 0.5) is 4.79 Å². The molecule has 0 bridgehead atoms. The molecule has 0 aliphatic heterocycles. The van der Waals surface area contributed by atoms with Crippen LogP contribution in [-0.4, -0.2) is 34.4 Å². The summed E-state index contributed by atoms with van der Waals surface area (Å²) in [5.74, 6) is -1.08. The maximum atomic E-state index is 11.7. The van der Waals surface area contributed by atoms with Crippen molar-refractivity contribution in [2.24, 2.45) is 7.05 Å². The molecule has 6 nitrogen and oxygen atoms in total. The monoisotopic (exact) mass is 318 g/mol. The Hall–Kier alpha value is -2.50. The second kappa shape index (κ2) is 7.67. The van der Waals surface area contributed by atoms with E-state index in [0.717, 1.165) is 29.3 Å². The van der Waals surface area contributed by atoms with E-state index in [9.17, 15) is 14.7 Å². The quantitative estimate of drug-likeness (QED) is 0.769. The Balaban J connectivity index is 2.09. The van der Waals surface area contributed by atoms with Gasteiger partial charge in [-0.05, 0) is 18.1 Å². The summed E-state index contributed by atoms with van der Waals surface area (Å²) in [7, 11) is 1.91. The molecule has 0 saturated heterocycles. The zero-order valence-corrected chi connectivity index (χ0v) is 13.4. The second-order valence-electron chi connectivity index (χ2n) is 5.51. The molecular weight excluding hydrogens is 296 g/mol. The summed E-state index contributed by atoms with van der Waals surface area (Å²) >= 11 is 0. The molecule has 1 atom stereocenters. The van der Waals surface area contributed by atoms with Crippen LogP contribution >= 0.6 is 0 Å². The molecule has 23 heavy (non-hydrogen) atoms. The number of nitrogens with one attached hydrogen (secondary N) is 1. The van der Waals surface area contributed by atoms with Crippen LogP contribution in [0.2, 0.25) is 0 Å². The lowest BCUT2D eigenvalue weighted by Crippen LogP contribution is -2.42. The molecular formula is C17H22N2O4. The zero-order chi connectivity index (χ0) is 16.8. The van der Waals surface area contributed by atoms with Gasteiger partial charge < -0.3 is 19.7 Å². The van der Waals surface area contributed by atoms with E-state index in [4.69, 9.17) is 4.74 Å². The Labute approximate surface area is 135 Å². The SMILES string of the molecule is CCCCOC(=O)N[C@H](Cc1cn(C)c2ccccc12)C(=O)O. The molecule has 2 rings (SSSR count). The minimum absolute atomic E-state index is 0.208. The molecule has 1 aromatic carbocycles. The molecule has 2 aromatic rings. The van der Waals surface area contributed by atoms with E-state index in [2.05, 4.69) is 5.32 Å². The predicted molar refractivity (Wildman–Crippen MR) is 87.4 cm³/mol. The lowest BCUT2D eigenvalue weighted by molar-refractivity contribution is -0.139. The Kier molecular flexibility index (Phi) is 5.62. The van der Waals surface area contributed by atoms with Crippen LogP contribution < -0.4 is 5.32 Å². The van der Waals surface area contributed by atoms with Crippen LogP contribution in [0.15, 0.2) is 30.5 Å². The van der Waals surface area contributed by atoms with E-state index >= 15 is 0 Å². The number of aryl methyl sites for hydroxylation is 1. The van der Waals surface area contributed by atoms with E-state index in [1.165, 1.54) is 0 Å². The Morgan fingerprint density at radius 1 is 1.35 bits per heavy atom. The number of hydrogen-bond donors (Lipinski definition) is 2. The molecule has 1 amide bonds. The largest absolute Gasteiger partial charge is 0.480 e. The van der Waals surface area contributed by atoms with Gasteiger partial charge in [0.15, 0.2) is 0 Å². The maximum absolute atomic E-state index is 11.7. The normalized spacial score (nSPS) is 12.1. The Morgan fingerprint density at radius 2 is 2.09 bits per heavy atom. The molecule has 0 unspecified atom stereocenters. The second-order valence-corrected chi connectivity index (χ2v) is 5.51. The lowest BCUT2D eigenvalue weighted by Gasteiger charge is -2.14. The van der Waals surface area contributed by atoms with E-state index in [-0.39, 0.29) is 6.42 Å². The van der Waals surface area contributed by atoms with Gasteiger partial charge in [-0.25, -0.2) is 9.59 Å². The molecule has 124 valence electrons. The predicted octanol–water partition coefficient (Wildman–Crippen LogP) is 2.70. The van der Waals surface area contributed by atoms with Gasteiger partial charge in [-0.3, -0.25) is 0 Å². The summed E-state index contributed by atoms with van der Waals surface area (Å²) in [5, 5.41) is 12.8. The smallest absolute Gasteiger partial charge is 0.407 e. The summed E-state index contributed by atoms with van der Waals surface area (Å²) in [6, 6.07) is 6.75. The number of benzene rings is 1. The first-order valence-electron chi connectivity index (χ1n) is 7.72. The van der Waals surface area contributed by atoms with Crippen LogP contribution in [0.25, 0.3) is 10.9 Å². The van der Waals surface area contributed by atoms with Gasteiger partial charge in [0.2, 0.25) is 0 Å². The van der Waals surface area contributed by atoms with E-state index in [0.29, 0.717) is 6.61 Å². The highest BCUT2D eigenvalue weighted by molar-refractivity contribution is 5.86. The van der Waals surface area contributed by atoms with Crippen molar-refractivity contribution in [3.05, 3.63) is 36.0 Å². The van der Waals surface area contributed by atoms with Crippen LogP contribution in [0.1, 0.15) is 25.3 Å². The topological polar surface area (TPSA) is 80.6 Å². The number of alkyl carbamates (subject to hydrolysis) is 1. The van der Waals surface area contributed by atoms with Gasteiger partial charge in [0.25, 0.3) is 0 Å². The van der Waals surface area contributed by atoms with Gasteiger partial charge in [-0.2, -0.15) is 0 Å². The number of para-hydroxylation sites is 1. The number of carboxylic acid groups (broad SMARTS) is 1. The van der Waals surface area contributed by atoms with Crippen LogP contribution in [0.5, 0.6) is 0 Å². The minimum Gasteiger partial charge on any atom is -0.480 e. The van der Waals surface area contributed by atoms with Crippen molar-refractivity contribution < 1.29 is 19.4 Å². The molecule has 0 radical (unpaired) electrons. The van der Waals surface area contributed by atoms with Crippen molar-refractivity contribution in [1.29, 1.82) is 0 Å². The first kappa shape index (κ1) is 16.9. The van der Waals surface area contributed by atoms with Crippen LogP contribution in [-0.2, 0) is 23.0 Å². The molecule has 0 aliphatic carbocycles. The highest BCUT2D eigenvalue weighted by Gasteiger charge is 2.22. The molecule has 2 N–H and O–H groups in total. The lowest BCUT2D eigenvalue weighted by atomic mass is 10.1. The number of carbonyl (C=O) groups is 2. The number of ether oxygens (including phenoxy) is 1. The summed E-state index contributed by atoms with van der Waals surface area (Å²) in [6.07, 6.45) is 3.08. The Morgan fingerprint density at radius 3 is 2.78 bits per heavy atom. The number of unbranched alkanes of at least 4 members (excludes halogenated alkanes) is 1. The third kappa shape index (κ3) is 4.25. The molecule has 1 heterocycles. The molecule has 0 saturated carbocycles. The van der Waals surface area contributed by atoms with Crippen molar-refractivity contribution in [3.63, 3.8) is 0 Å². The first-order chi connectivity index (χ1) is 11.0. The summed E-state index contributed by atoms with van der Waals surface area (Å²) < 4.78 is 6.92. The third-order valence-electron chi connectivity index (χ3n) is 3.72.